The number of rotatable bonds is 4. The molecule has 1 aromatic rings. The van der Waals surface area contributed by atoms with Gasteiger partial charge in [-0.2, -0.15) is 4.39 Å². The maximum absolute atomic E-state index is 13.3. The Bertz CT molecular complexity index is 483. The van der Waals surface area contributed by atoms with Gasteiger partial charge in [-0.05, 0) is 49.7 Å². The van der Waals surface area contributed by atoms with Crippen LogP contribution in [0.3, 0.4) is 0 Å². The zero-order valence-corrected chi connectivity index (χ0v) is 11.9. The average molecular weight is 280 g/mol. The summed E-state index contributed by atoms with van der Waals surface area (Å²) in [4.78, 5) is 10.0. The van der Waals surface area contributed by atoms with Crippen molar-refractivity contribution in [3.63, 3.8) is 0 Å². The Morgan fingerprint density at radius 1 is 1.30 bits per heavy atom. The molecule has 20 heavy (non-hydrogen) atoms. The first-order valence-corrected chi connectivity index (χ1v) is 7.18. The molecule has 0 saturated heterocycles. The average Bonchev–Trinajstić information content (AvgIpc) is 2.41. The second-order valence-corrected chi connectivity index (χ2v) is 5.92. The lowest BCUT2D eigenvalue weighted by Gasteiger charge is -2.31. The minimum atomic E-state index is -0.788. The predicted molar refractivity (Wildman–Crippen MR) is 77.3 cm³/mol. The van der Waals surface area contributed by atoms with E-state index in [9.17, 15) is 14.5 Å². The molecule has 0 heterocycles. The molecule has 0 bridgehead atoms. The van der Waals surface area contributed by atoms with Gasteiger partial charge in [-0.25, -0.2) is 0 Å². The summed E-state index contributed by atoms with van der Waals surface area (Å²) in [6.07, 6.45) is 4.49. The zero-order valence-electron chi connectivity index (χ0n) is 11.9. The van der Waals surface area contributed by atoms with Crippen LogP contribution in [-0.2, 0) is 0 Å². The second kappa shape index (κ2) is 6.20. The molecule has 2 rings (SSSR count). The summed E-state index contributed by atoms with van der Waals surface area (Å²) >= 11 is 0. The first kappa shape index (κ1) is 14.8. The third kappa shape index (κ3) is 3.46. The van der Waals surface area contributed by atoms with Crippen LogP contribution in [0.5, 0.6) is 0 Å². The fourth-order valence-electron chi connectivity index (χ4n) is 2.91. The summed E-state index contributed by atoms with van der Waals surface area (Å²) in [5.74, 6) is 0.697. The summed E-state index contributed by atoms with van der Waals surface area (Å²) < 4.78 is 13.3. The number of hydrogen-bond donors (Lipinski definition) is 1. The van der Waals surface area contributed by atoms with Crippen LogP contribution in [0, 0.1) is 27.8 Å². The van der Waals surface area contributed by atoms with E-state index >= 15 is 0 Å². The fourth-order valence-corrected chi connectivity index (χ4v) is 2.91. The van der Waals surface area contributed by atoms with Crippen LogP contribution in [0.15, 0.2) is 18.2 Å². The van der Waals surface area contributed by atoms with Gasteiger partial charge in [-0.15, -0.1) is 0 Å². The molecule has 0 amide bonds. The zero-order chi connectivity index (χ0) is 14.7. The molecule has 0 atom stereocenters. The highest BCUT2D eigenvalue weighted by molar-refractivity contribution is 5.52. The lowest BCUT2D eigenvalue weighted by atomic mass is 9.79. The molecule has 4 nitrogen and oxygen atoms in total. The van der Waals surface area contributed by atoms with E-state index in [1.54, 1.807) is 6.07 Å². The molecular weight excluding hydrogens is 259 g/mol. The smallest absolute Gasteiger partial charge is 0.306 e. The van der Waals surface area contributed by atoms with Crippen molar-refractivity contribution in [3.05, 3.63) is 34.1 Å². The first-order chi connectivity index (χ1) is 9.47. The van der Waals surface area contributed by atoms with Gasteiger partial charge in [0.05, 0.1) is 4.92 Å². The van der Waals surface area contributed by atoms with Gasteiger partial charge < -0.3 is 5.32 Å². The molecule has 1 saturated carbocycles. The maximum Gasteiger partial charge on any atom is 0.306 e. The van der Waals surface area contributed by atoms with Crippen molar-refractivity contribution < 1.29 is 9.31 Å². The quantitative estimate of drug-likeness (QED) is 0.658. The third-order valence-corrected chi connectivity index (χ3v) is 4.23. The predicted octanol–water partition coefficient (Wildman–Crippen LogP) is 4.36. The minimum absolute atomic E-state index is 0.329. The minimum Gasteiger partial charge on any atom is -0.382 e. The largest absolute Gasteiger partial charge is 0.382 e. The molecule has 1 fully saturated rings. The molecule has 1 aliphatic rings. The van der Waals surface area contributed by atoms with Crippen LogP contribution >= 0.6 is 0 Å². The highest BCUT2D eigenvalue weighted by atomic mass is 19.1. The van der Waals surface area contributed by atoms with Crippen molar-refractivity contribution in [2.75, 3.05) is 5.32 Å². The monoisotopic (exact) mass is 280 g/mol. The van der Waals surface area contributed by atoms with Gasteiger partial charge in [0, 0.05) is 17.8 Å². The number of nitrogens with one attached hydrogen (secondary N) is 1. The van der Waals surface area contributed by atoms with Crippen LogP contribution in [0.2, 0.25) is 0 Å². The summed E-state index contributed by atoms with van der Waals surface area (Å²) in [6.45, 7) is 4.50. The highest BCUT2D eigenvalue weighted by Gasteiger charge is 2.23. The Morgan fingerprint density at radius 2 is 1.95 bits per heavy atom. The first-order valence-electron chi connectivity index (χ1n) is 7.18. The Balaban J connectivity index is 1.98. The third-order valence-electron chi connectivity index (χ3n) is 4.23. The van der Waals surface area contributed by atoms with Crippen molar-refractivity contribution in [1.29, 1.82) is 0 Å². The van der Waals surface area contributed by atoms with Gasteiger partial charge in [-0.1, -0.05) is 13.8 Å². The molecule has 1 aromatic carbocycles. The van der Waals surface area contributed by atoms with E-state index in [2.05, 4.69) is 19.2 Å². The number of nitrogens with zero attached hydrogens (tertiary/aromatic N) is 1. The summed E-state index contributed by atoms with van der Waals surface area (Å²) in [5.41, 5.74) is 0.164. The molecule has 110 valence electrons. The number of halogens is 1. The van der Waals surface area contributed by atoms with Gasteiger partial charge in [-0.3, -0.25) is 10.1 Å². The SMILES string of the molecule is CC(C)C1CCC(Nc2ccc(F)c([N+](=O)[O-])c2)CC1. The van der Waals surface area contributed by atoms with E-state index in [1.807, 2.05) is 0 Å². The Hall–Kier alpha value is -1.65. The van der Waals surface area contributed by atoms with E-state index in [0.29, 0.717) is 17.6 Å². The van der Waals surface area contributed by atoms with E-state index in [0.717, 1.165) is 24.8 Å². The molecular formula is C15H21FN2O2. The summed E-state index contributed by atoms with van der Waals surface area (Å²) in [7, 11) is 0. The van der Waals surface area contributed by atoms with Crippen LogP contribution in [-0.4, -0.2) is 11.0 Å². The lowest BCUT2D eigenvalue weighted by Crippen LogP contribution is -2.27. The molecule has 0 radical (unpaired) electrons. The number of anilines is 1. The standard InChI is InChI=1S/C15H21FN2O2/c1-10(2)11-3-5-12(6-4-11)17-13-7-8-14(16)15(9-13)18(19)20/h7-12,17H,3-6H2,1-2H3. The van der Waals surface area contributed by atoms with Crippen LogP contribution in [0.4, 0.5) is 15.8 Å². The van der Waals surface area contributed by atoms with Crippen molar-refractivity contribution in [2.45, 2.75) is 45.6 Å². The Kier molecular flexibility index (Phi) is 4.57. The van der Waals surface area contributed by atoms with Crippen molar-refractivity contribution >= 4 is 11.4 Å². The molecule has 0 aromatic heterocycles. The van der Waals surface area contributed by atoms with Crippen molar-refractivity contribution in [1.82, 2.24) is 0 Å². The van der Waals surface area contributed by atoms with Gasteiger partial charge in [0.2, 0.25) is 5.82 Å². The van der Waals surface area contributed by atoms with E-state index < -0.39 is 16.4 Å². The normalized spacial score (nSPS) is 22.8. The second-order valence-electron chi connectivity index (χ2n) is 5.92. The van der Waals surface area contributed by atoms with Gasteiger partial charge >= 0.3 is 5.69 Å². The molecule has 0 unspecified atom stereocenters. The van der Waals surface area contributed by atoms with Gasteiger partial charge in [0.25, 0.3) is 0 Å². The maximum atomic E-state index is 13.3. The van der Waals surface area contributed by atoms with Crippen LogP contribution < -0.4 is 5.32 Å². The lowest BCUT2D eigenvalue weighted by molar-refractivity contribution is -0.387. The Morgan fingerprint density at radius 3 is 2.50 bits per heavy atom. The number of hydrogen-bond acceptors (Lipinski definition) is 3. The highest BCUT2D eigenvalue weighted by Crippen LogP contribution is 2.32. The molecule has 1 N–H and O–H groups in total. The number of nitro groups is 1. The summed E-state index contributed by atoms with van der Waals surface area (Å²) in [6, 6.07) is 4.33. The van der Waals surface area contributed by atoms with Crippen LogP contribution in [0.25, 0.3) is 0 Å². The molecule has 0 aliphatic heterocycles. The van der Waals surface area contributed by atoms with E-state index in [-0.39, 0.29) is 0 Å². The topological polar surface area (TPSA) is 55.2 Å². The summed E-state index contributed by atoms with van der Waals surface area (Å²) in [5, 5.41) is 14.0. The van der Waals surface area contributed by atoms with E-state index in [1.165, 1.54) is 18.9 Å². The van der Waals surface area contributed by atoms with Gasteiger partial charge in [0.15, 0.2) is 0 Å². The van der Waals surface area contributed by atoms with Gasteiger partial charge in [0.1, 0.15) is 0 Å². The molecule has 5 heteroatoms. The number of benzene rings is 1. The van der Waals surface area contributed by atoms with Crippen molar-refractivity contribution in [3.8, 4) is 0 Å². The van der Waals surface area contributed by atoms with E-state index in [4.69, 9.17) is 0 Å². The van der Waals surface area contributed by atoms with Crippen LogP contribution in [0.1, 0.15) is 39.5 Å². The number of nitro benzene ring substituents is 1. The molecule has 1 aliphatic carbocycles. The van der Waals surface area contributed by atoms with Crippen molar-refractivity contribution in [2.24, 2.45) is 11.8 Å². The Labute approximate surface area is 118 Å². The molecule has 0 spiro atoms. The fraction of sp³-hybridized carbons (Fsp3) is 0.600.